The van der Waals surface area contributed by atoms with Crippen molar-refractivity contribution in [2.45, 2.75) is 32.8 Å². The van der Waals surface area contributed by atoms with Crippen LogP contribution in [0.1, 0.15) is 35.7 Å². The zero-order valence-corrected chi connectivity index (χ0v) is 11.7. The Hall–Kier alpha value is -1.88. The summed E-state index contributed by atoms with van der Waals surface area (Å²) in [6.07, 6.45) is 1.49. The number of carboxylic acid groups (broad SMARTS) is 1. The van der Waals surface area contributed by atoms with E-state index in [0.717, 1.165) is 0 Å². The van der Waals surface area contributed by atoms with Crippen molar-refractivity contribution in [3.8, 4) is 0 Å². The number of aromatic carboxylic acids is 1. The Morgan fingerprint density at radius 3 is 2.80 bits per heavy atom. The summed E-state index contributed by atoms with van der Waals surface area (Å²) in [4.78, 5) is 23.2. The van der Waals surface area contributed by atoms with Gasteiger partial charge in [-0.1, -0.05) is 6.07 Å². The first-order valence-corrected chi connectivity index (χ1v) is 6.74. The number of carbonyl (C=O) groups excluding carboxylic acids is 1. The highest BCUT2D eigenvalue weighted by Gasteiger charge is 2.25. The summed E-state index contributed by atoms with van der Waals surface area (Å²) >= 11 is 0. The lowest BCUT2D eigenvalue weighted by molar-refractivity contribution is -0.124. The zero-order valence-electron chi connectivity index (χ0n) is 11.7. The minimum Gasteiger partial charge on any atom is -0.478 e. The van der Waals surface area contributed by atoms with Gasteiger partial charge in [0.2, 0.25) is 5.91 Å². The average Bonchev–Trinajstić information content (AvgIpc) is 2.40. The normalized spacial score (nSPS) is 22.3. The molecule has 5 heteroatoms. The van der Waals surface area contributed by atoms with E-state index < -0.39 is 5.97 Å². The molecule has 1 heterocycles. The lowest BCUT2D eigenvalue weighted by Gasteiger charge is -2.26. The van der Waals surface area contributed by atoms with E-state index in [-0.39, 0.29) is 23.5 Å². The smallest absolute Gasteiger partial charge is 0.336 e. The fourth-order valence-corrected chi connectivity index (χ4v) is 2.41. The average molecular weight is 277 g/mol. The van der Waals surface area contributed by atoms with Gasteiger partial charge in [-0.3, -0.25) is 4.79 Å². The molecule has 0 radical (unpaired) electrons. The van der Waals surface area contributed by atoms with Crippen molar-refractivity contribution in [1.82, 2.24) is 0 Å². The molecule has 0 bridgehead atoms. The number of amides is 1. The van der Waals surface area contributed by atoms with E-state index in [4.69, 9.17) is 9.84 Å². The van der Waals surface area contributed by atoms with Gasteiger partial charge in [-0.15, -0.1) is 0 Å². The minimum absolute atomic E-state index is 0.0691. The van der Waals surface area contributed by atoms with Gasteiger partial charge in [0.25, 0.3) is 0 Å². The van der Waals surface area contributed by atoms with Gasteiger partial charge in [-0.2, -0.15) is 0 Å². The molecule has 1 fully saturated rings. The van der Waals surface area contributed by atoms with Gasteiger partial charge in [0, 0.05) is 18.2 Å². The van der Waals surface area contributed by atoms with Crippen LogP contribution in [0.25, 0.3) is 0 Å². The van der Waals surface area contributed by atoms with Crippen LogP contribution < -0.4 is 5.32 Å². The van der Waals surface area contributed by atoms with Crippen molar-refractivity contribution in [1.29, 1.82) is 0 Å². The van der Waals surface area contributed by atoms with Gasteiger partial charge in [0.05, 0.1) is 11.7 Å². The third kappa shape index (κ3) is 3.36. The first-order chi connectivity index (χ1) is 9.47. The summed E-state index contributed by atoms with van der Waals surface area (Å²) < 4.78 is 5.42. The molecule has 2 unspecified atom stereocenters. The maximum absolute atomic E-state index is 12.2. The van der Waals surface area contributed by atoms with Crippen molar-refractivity contribution in [3.05, 3.63) is 29.3 Å². The van der Waals surface area contributed by atoms with Crippen molar-refractivity contribution >= 4 is 17.6 Å². The molecule has 0 saturated carbocycles. The van der Waals surface area contributed by atoms with Crippen LogP contribution in [-0.4, -0.2) is 29.7 Å². The highest BCUT2D eigenvalue weighted by Crippen LogP contribution is 2.22. The Labute approximate surface area is 117 Å². The summed E-state index contributed by atoms with van der Waals surface area (Å²) in [6.45, 7) is 4.27. The summed E-state index contributed by atoms with van der Waals surface area (Å²) in [5, 5.41) is 11.9. The van der Waals surface area contributed by atoms with Crippen LogP contribution in [0.3, 0.4) is 0 Å². The third-order valence-electron chi connectivity index (χ3n) is 3.59. The molecule has 1 saturated heterocycles. The fraction of sp³-hybridized carbons (Fsp3) is 0.467. The number of hydrogen-bond acceptors (Lipinski definition) is 3. The molecule has 20 heavy (non-hydrogen) atoms. The number of carbonyl (C=O) groups is 2. The molecule has 2 rings (SSSR count). The Bertz CT molecular complexity index is 527. The number of hydrogen-bond donors (Lipinski definition) is 2. The molecule has 5 nitrogen and oxygen atoms in total. The predicted octanol–water partition coefficient (Wildman–Crippen LogP) is 2.45. The number of aryl methyl sites for hydroxylation is 1. The highest BCUT2D eigenvalue weighted by atomic mass is 16.5. The number of nitrogens with one attached hydrogen (secondary N) is 1. The van der Waals surface area contributed by atoms with Gasteiger partial charge < -0.3 is 15.2 Å². The molecule has 0 aromatic heterocycles. The largest absolute Gasteiger partial charge is 0.478 e. The van der Waals surface area contributed by atoms with Gasteiger partial charge >= 0.3 is 5.97 Å². The molecule has 0 spiro atoms. The summed E-state index contributed by atoms with van der Waals surface area (Å²) in [5.74, 6) is -1.13. The molecule has 2 N–H and O–H groups in total. The molecule has 1 aliphatic rings. The fourth-order valence-electron chi connectivity index (χ4n) is 2.41. The molecular formula is C15H19NO4. The molecule has 1 aliphatic heterocycles. The summed E-state index contributed by atoms with van der Waals surface area (Å²) in [7, 11) is 0. The van der Waals surface area contributed by atoms with E-state index >= 15 is 0 Å². The first kappa shape index (κ1) is 14.5. The van der Waals surface area contributed by atoms with E-state index in [1.165, 1.54) is 6.07 Å². The Balaban J connectivity index is 2.07. The quantitative estimate of drug-likeness (QED) is 0.889. The van der Waals surface area contributed by atoms with Crippen molar-refractivity contribution in [2.24, 2.45) is 5.92 Å². The van der Waals surface area contributed by atoms with E-state index in [2.05, 4.69) is 5.32 Å². The van der Waals surface area contributed by atoms with E-state index in [0.29, 0.717) is 30.7 Å². The molecule has 108 valence electrons. The van der Waals surface area contributed by atoms with Crippen LogP contribution in [0.5, 0.6) is 0 Å². The lowest BCUT2D eigenvalue weighted by Crippen LogP contribution is -2.32. The number of benzene rings is 1. The standard InChI is InChI=1S/C15H19NO4/c1-9-3-4-12(8-13(9)15(18)19)16-14(17)11-5-6-20-10(2)7-11/h3-4,8,10-11H,5-7H2,1-2H3,(H,16,17)(H,18,19). The van der Waals surface area contributed by atoms with Crippen LogP contribution in [0, 0.1) is 12.8 Å². The van der Waals surface area contributed by atoms with Crippen LogP contribution in [-0.2, 0) is 9.53 Å². The lowest BCUT2D eigenvalue weighted by atomic mass is 9.95. The Morgan fingerprint density at radius 2 is 2.15 bits per heavy atom. The highest BCUT2D eigenvalue weighted by molar-refractivity contribution is 5.95. The van der Waals surface area contributed by atoms with E-state index in [9.17, 15) is 9.59 Å². The molecule has 1 aromatic rings. The Morgan fingerprint density at radius 1 is 1.40 bits per heavy atom. The van der Waals surface area contributed by atoms with Gasteiger partial charge in [0.1, 0.15) is 0 Å². The Kier molecular flexibility index (Phi) is 4.39. The number of anilines is 1. The van der Waals surface area contributed by atoms with Crippen LogP contribution in [0.15, 0.2) is 18.2 Å². The summed E-state index contributed by atoms with van der Waals surface area (Å²) in [5.41, 5.74) is 1.41. The molecule has 2 atom stereocenters. The van der Waals surface area contributed by atoms with Crippen molar-refractivity contribution < 1.29 is 19.4 Å². The first-order valence-electron chi connectivity index (χ1n) is 6.74. The predicted molar refractivity (Wildman–Crippen MR) is 74.9 cm³/mol. The third-order valence-corrected chi connectivity index (χ3v) is 3.59. The maximum atomic E-state index is 12.2. The van der Waals surface area contributed by atoms with Gasteiger partial charge in [-0.05, 0) is 44.4 Å². The van der Waals surface area contributed by atoms with E-state index in [1.807, 2.05) is 6.92 Å². The topological polar surface area (TPSA) is 75.6 Å². The van der Waals surface area contributed by atoms with Crippen molar-refractivity contribution in [2.75, 3.05) is 11.9 Å². The number of ether oxygens (including phenoxy) is 1. The second-order valence-electron chi connectivity index (χ2n) is 5.23. The molecular weight excluding hydrogens is 258 g/mol. The van der Waals surface area contributed by atoms with Crippen LogP contribution in [0.2, 0.25) is 0 Å². The van der Waals surface area contributed by atoms with Crippen LogP contribution >= 0.6 is 0 Å². The summed E-state index contributed by atoms with van der Waals surface area (Å²) in [6, 6.07) is 4.92. The second-order valence-corrected chi connectivity index (χ2v) is 5.23. The monoisotopic (exact) mass is 277 g/mol. The second kappa shape index (κ2) is 6.05. The van der Waals surface area contributed by atoms with Gasteiger partial charge in [-0.25, -0.2) is 4.79 Å². The van der Waals surface area contributed by atoms with Crippen LogP contribution in [0.4, 0.5) is 5.69 Å². The molecule has 0 aliphatic carbocycles. The molecule has 1 aromatic carbocycles. The number of rotatable bonds is 3. The SMILES string of the molecule is Cc1ccc(NC(=O)C2CCOC(C)C2)cc1C(=O)O. The minimum atomic E-state index is -0.988. The van der Waals surface area contributed by atoms with E-state index in [1.54, 1.807) is 19.1 Å². The van der Waals surface area contributed by atoms with Crippen molar-refractivity contribution in [3.63, 3.8) is 0 Å². The zero-order chi connectivity index (χ0) is 14.7. The maximum Gasteiger partial charge on any atom is 0.336 e. The van der Waals surface area contributed by atoms with Gasteiger partial charge in [0.15, 0.2) is 0 Å². The molecule has 1 amide bonds. The number of carboxylic acids is 1.